The molecule has 1 aromatic rings. The first kappa shape index (κ1) is 15.1. The Kier molecular flexibility index (Phi) is 5.48. The molecule has 4 atom stereocenters. The third kappa shape index (κ3) is 4.07. The highest BCUT2D eigenvalue weighted by atomic mass is 32.2. The Labute approximate surface area is 124 Å². The average molecular weight is 298 g/mol. The number of ether oxygens (including phenoxy) is 1. The van der Waals surface area contributed by atoms with Crippen LogP contribution in [0, 0.1) is 0 Å². The number of aliphatic hydroxyl groups is 1. The van der Waals surface area contributed by atoms with Gasteiger partial charge in [-0.15, -0.1) is 0 Å². The Morgan fingerprint density at radius 3 is 2.84 bits per heavy atom. The van der Waals surface area contributed by atoms with Crippen molar-refractivity contribution < 1.29 is 9.84 Å². The van der Waals surface area contributed by atoms with Crippen molar-refractivity contribution in [2.24, 2.45) is 0 Å². The lowest BCUT2D eigenvalue weighted by Crippen LogP contribution is -2.35. The van der Waals surface area contributed by atoms with E-state index in [0.29, 0.717) is 22.2 Å². The molecule has 1 heterocycles. The number of hydrogen-bond donors (Lipinski definition) is 1. The highest BCUT2D eigenvalue weighted by Gasteiger charge is 2.30. The molecular weight excluding hydrogens is 276 g/mol. The van der Waals surface area contributed by atoms with E-state index in [0.717, 1.165) is 17.1 Å². The Balaban J connectivity index is 1.94. The molecule has 1 fully saturated rings. The van der Waals surface area contributed by atoms with Gasteiger partial charge >= 0.3 is 0 Å². The molecule has 4 unspecified atom stereocenters. The molecule has 0 aliphatic carbocycles. The monoisotopic (exact) mass is 298 g/mol. The molecule has 0 radical (unpaired) electrons. The van der Waals surface area contributed by atoms with Crippen LogP contribution in [0.5, 0.6) is 5.75 Å². The van der Waals surface area contributed by atoms with Gasteiger partial charge in [-0.2, -0.15) is 23.5 Å². The molecule has 0 aromatic heterocycles. The van der Waals surface area contributed by atoms with Crippen LogP contribution in [0.2, 0.25) is 0 Å². The molecular formula is C15H22O2S2. The van der Waals surface area contributed by atoms with Gasteiger partial charge < -0.3 is 9.84 Å². The van der Waals surface area contributed by atoms with Crippen LogP contribution in [0.1, 0.15) is 19.4 Å². The quantitative estimate of drug-likeness (QED) is 0.924. The van der Waals surface area contributed by atoms with E-state index in [1.807, 2.05) is 41.7 Å². The van der Waals surface area contributed by atoms with Crippen LogP contribution in [0.25, 0.3) is 0 Å². The minimum absolute atomic E-state index is 0.278. The maximum atomic E-state index is 10.4. The predicted molar refractivity (Wildman–Crippen MR) is 85.5 cm³/mol. The zero-order chi connectivity index (χ0) is 13.8. The molecule has 0 spiro atoms. The minimum atomic E-state index is -0.278. The summed E-state index contributed by atoms with van der Waals surface area (Å²) in [5.74, 6) is 1.90. The van der Waals surface area contributed by atoms with Crippen LogP contribution in [0.4, 0.5) is 0 Å². The van der Waals surface area contributed by atoms with Crippen molar-refractivity contribution >= 4 is 23.5 Å². The SMILES string of the molecule is COc1cccc(CC(O)C2CSC(C)C(C)S2)c1. The van der Waals surface area contributed by atoms with Gasteiger partial charge in [0.2, 0.25) is 0 Å². The maximum absolute atomic E-state index is 10.4. The van der Waals surface area contributed by atoms with Crippen LogP contribution in [-0.4, -0.2) is 39.8 Å². The van der Waals surface area contributed by atoms with Gasteiger partial charge in [0.1, 0.15) is 5.75 Å². The summed E-state index contributed by atoms with van der Waals surface area (Å²) in [7, 11) is 1.67. The third-order valence-corrected chi connectivity index (χ3v) is 7.12. The lowest BCUT2D eigenvalue weighted by atomic mass is 10.1. The van der Waals surface area contributed by atoms with Gasteiger partial charge in [0, 0.05) is 21.5 Å². The second kappa shape index (κ2) is 6.91. The molecule has 4 heteroatoms. The van der Waals surface area contributed by atoms with Crippen LogP contribution in [0.15, 0.2) is 24.3 Å². The number of methoxy groups -OCH3 is 1. The number of thioether (sulfide) groups is 2. The summed E-state index contributed by atoms with van der Waals surface area (Å²) < 4.78 is 5.22. The lowest BCUT2D eigenvalue weighted by Gasteiger charge is -2.33. The van der Waals surface area contributed by atoms with E-state index in [1.165, 1.54) is 0 Å². The standard InChI is InChI=1S/C15H22O2S2/c1-10-11(2)19-15(9-18-10)14(16)8-12-5-4-6-13(7-12)17-3/h4-7,10-11,14-16H,8-9H2,1-3H3. The summed E-state index contributed by atoms with van der Waals surface area (Å²) in [6, 6.07) is 7.98. The van der Waals surface area contributed by atoms with E-state index in [2.05, 4.69) is 19.9 Å². The zero-order valence-electron chi connectivity index (χ0n) is 11.7. The first-order valence-corrected chi connectivity index (χ1v) is 8.67. The van der Waals surface area contributed by atoms with Crippen LogP contribution < -0.4 is 4.74 Å². The van der Waals surface area contributed by atoms with E-state index in [4.69, 9.17) is 4.74 Å². The van der Waals surface area contributed by atoms with Gasteiger partial charge in [-0.05, 0) is 24.1 Å². The molecule has 1 aliphatic rings. The number of benzene rings is 1. The largest absolute Gasteiger partial charge is 0.497 e. The second-order valence-corrected chi connectivity index (χ2v) is 8.07. The summed E-state index contributed by atoms with van der Waals surface area (Å²) in [5, 5.41) is 12.1. The van der Waals surface area contributed by atoms with Crippen LogP contribution in [-0.2, 0) is 6.42 Å². The fourth-order valence-electron chi connectivity index (χ4n) is 2.18. The normalized spacial score (nSPS) is 28.9. The van der Waals surface area contributed by atoms with Crippen molar-refractivity contribution in [3.63, 3.8) is 0 Å². The first-order valence-electron chi connectivity index (χ1n) is 6.68. The topological polar surface area (TPSA) is 29.5 Å². The van der Waals surface area contributed by atoms with Gasteiger partial charge in [-0.25, -0.2) is 0 Å². The van der Waals surface area contributed by atoms with E-state index in [-0.39, 0.29) is 6.10 Å². The fourth-order valence-corrected chi connectivity index (χ4v) is 5.20. The average Bonchev–Trinajstić information content (AvgIpc) is 2.42. The van der Waals surface area contributed by atoms with Gasteiger partial charge in [0.25, 0.3) is 0 Å². The van der Waals surface area contributed by atoms with E-state index >= 15 is 0 Å². The molecule has 106 valence electrons. The second-order valence-electron chi connectivity index (χ2n) is 5.04. The van der Waals surface area contributed by atoms with E-state index in [9.17, 15) is 5.11 Å². The summed E-state index contributed by atoms with van der Waals surface area (Å²) in [4.78, 5) is 0. The van der Waals surface area contributed by atoms with E-state index < -0.39 is 0 Å². The number of aliphatic hydroxyl groups excluding tert-OH is 1. The summed E-state index contributed by atoms with van der Waals surface area (Å²) in [5.41, 5.74) is 1.14. The lowest BCUT2D eigenvalue weighted by molar-refractivity contribution is 0.177. The summed E-state index contributed by atoms with van der Waals surface area (Å²) in [6.45, 7) is 4.53. The number of rotatable bonds is 4. The van der Waals surface area contributed by atoms with Crippen molar-refractivity contribution in [3.05, 3.63) is 29.8 Å². The van der Waals surface area contributed by atoms with Gasteiger partial charge in [0.05, 0.1) is 13.2 Å². The summed E-state index contributed by atoms with van der Waals surface area (Å²) in [6.07, 6.45) is 0.427. The Morgan fingerprint density at radius 2 is 2.16 bits per heavy atom. The van der Waals surface area contributed by atoms with Crippen molar-refractivity contribution in [2.75, 3.05) is 12.9 Å². The smallest absolute Gasteiger partial charge is 0.119 e. The third-order valence-electron chi connectivity index (χ3n) is 3.58. The van der Waals surface area contributed by atoms with Gasteiger partial charge in [0.15, 0.2) is 0 Å². The molecule has 1 saturated heterocycles. The van der Waals surface area contributed by atoms with Crippen molar-refractivity contribution in [1.29, 1.82) is 0 Å². The van der Waals surface area contributed by atoms with Gasteiger partial charge in [-0.1, -0.05) is 26.0 Å². The molecule has 1 aromatic carbocycles. The van der Waals surface area contributed by atoms with Crippen molar-refractivity contribution in [2.45, 2.75) is 42.1 Å². The number of hydrogen-bond acceptors (Lipinski definition) is 4. The Bertz CT molecular complexity index is 411. The maximum Gasteiger partial charge on any atom is 0.119 e. The van der Waals surface area contributed by atoms with Crippen molar-refractivity contribution in [1.82, 2.24) is 0 Å². The predicted octanol–water partition coefficient (Wildman–Crippen LogP) is 3.22. The first-order chi connectivity index (χ1) is 9.10. The molecule has 19 heavy (non-hydrogen) atoms. The van der Waals surface area contributed by atoms with Gasteiger partial charge in [-0.3, -0.25) is 0 Å². The van der Waals surface area contributed by atoms with Crippen LogP contribution >= 0.6 is 23.5 Å². The fraction of sp³-hybridized carbons (Fsp3) is 0.600. The Hall–Kier alpha value is -0.320. The highest BCUT2D eigenvalue weighted by molar-refractivity contribution is 8.07. The van der Waals surface area contributed by atoms with E-state index in [1.54, 1.807) is 7.11 Å². The minimum Gasteiger partial charge on any atom is -0.497 e. The molecule has 1 N–H and O–H groups in total. The summed E-state index contributed by atoms with van der Waals surface area (Å²) >= 11 is 3.90. The molecule has 2 rings (SSSR count). The zero-order valence-corrected chi connectivity index (χ0v) is 13.3. The Morgan fingerprint density at radius 1 is 1.37 bits per heavy atom. The van der Waals surface area contributed by atoms with Crippen LogP contribution in [0.3, 0.4) is 0 Å². The molecule has 2 nitrogen and oxygen atoms in total. The molecule has 0 bridgehead atoms. The molecule has 0 amide bonds. The molecule has 1 aliphatic heterocycles. The molecule has 0 saturated carbocycles. The highest BCUT2D eigenvalue weighted by Crippen LogP contribution is 2.37. The van der Waals surface area contributed by atoms with Crippen molar-refractivity contribution in [3.8, 4) is 5.75 Å².